The fourth-order valence-corrected chi connectivity index (χ4v) is 3.66. The third-order valence-electron chi connectivity index (χ3n) is 5.33. The molecule has 0 saturated carbocycles. The number of anilines is 2. The van der Waals surface area contributed by atoms with Crippen molar-refractivity contribution < 1.29 is 9.32 Å². The number of nitrogens with one attached hydrogen (secondary N) is 2. The van der Waals surface area contributed by atoms with Crippen molar-refractivity contribution in [3.63, 3.8) is 0 Å². The van der Waals surface area contributed by atoms with E-state index in [0.29, 0.717) is 28.2 Å². The zero-order valence-corrected chi connectivity index (χ0v) is 21.3. The number of hydrogen-bond donors (Lipinski definition) is 2. The zero-order valence-electron chi connectivity index (χ0n) is 20.5. The number of benzene rings is 2. The third kappa shape index (κ3) is 6.06. The van der Waals surface area contributed by atoms with E-state index in [1.165, 1.54) is 0 Å². The highest BCUT2D eigenvalue weighted by molar-refractivity contribution is 6.30. The summed E-state index contributed by atoms with van der Waals surface area (Å²) in [6.07, 6.45) is 14.3. The van der Waals surface area contributed by atoms with E-state index in [0.717, 1.165) is 29.9 Å². The first-order valence-electron chi connectivity index (χ1n) is 11.7. The fraction of sp³-hybridized carbons (Fsp3) is 0.107. The molecule has 0 fully saturated rings. The maximum Gasteiger partial charge on any atom is 0.277 e. The summed E-state index contributed by atoms with van der Waals surface area (Å²) in [5.74, 6) is 2.10. The van der Waals surface area contributed by atoms with E-state index in [1.54, 1.807) is 54.9 Å². The highest BCUT2D eigenvalue weighted by Crippen LogP contribution is 2.25. The predicted molar refractivity (Wildman–Crippen MR) is 148 cm³/mol. The maximum atomic E-state index is 12.7. The zero-order chi connectivity index (χ0) is 26.9. The first kappa shape index (κ1) is 26.1. The highest BCUT2D eigenvalue weighted by Gasteiger charge is 2.15. The van der Waals surface area contributed by atoms with Gasteiger partial charge in [0.15, 0.2) is 11.5 Å². The summed E-state index contributed by atoms with van der Waals surface area (Å²) in [5.41, 5.74) is 2.44. The molecule has 0 aliphatic rings. The van der Waals surface area contributed by atoms with E-state index in [4.69, 9.17) is 16.1 Å². The van der Waals surface area contributed by atoms with Crippen LogP contribution in [0.4, 0.5) is 11.6 Å². The van der Waals surface area contributed by atoms with Gasteiger partial charge in [-0.2, -0.15) is 4.98 Å². The Bertz CT molecular complexity index is 1520. The molecule has 0 radical (unpaired) electrons. The summed E-state index contributed by atoms with van der Waals surface area (Å²) in [6.45, 7) is 2.88. The number of nitrogens with zero attached hydrogens (tertiary/aromatic N) is 5. The maximum absolute atomic E-state index is 12.7. The van der Waals surface area contributed by atoms with Crippen molar-refractivity contribution in [2.45, 2.75) is 13.3 Å². The Balaban J connectivity index is 0.00000164. The SMILES string of the molecule is C#C.CCCNc1nccc(-n2ccnc2-c2ccc(NC(=O)c3cc(-c4ccc(Cl)cc4)on3)cc2)n1. The number of amides is 1. The first-order valence-corrected chi connectivity index (χ1v) is 12.1. The molecule has 0 unspecified atom stereocenters. The van der Waals surface area contributed by atoms with E-state index in [1.807, 2.05) is 29.0 Å². The van der Waals surface area contributed by atoms with Crippen molar-refractivity contribution in [2.75, 3.05) is 17.2 Å². The van der Waals surface area contributed by atoms with E-state index in [-0.39, 0.29) is 11.6 Å². The van der Waals surface area contributed by atoms with Gasteiger partial charge in [-0.1, -0.05) is 23.7 Å². The van der Waals surface area contributed by atoms with Crippen molar-refractivity contribution in [1.82, 2.24) is 24.7 Å². The molecule has 0 saturated heterocycles. The molecule has 5 rings (SSSR count). The van der Waals surface area contributed by atoms with Gasteiger partial charge in [0.25, 0.3) is 5.91 Å². The molecule has 2 N–H and O–H groups in total. The molecule has 5 aromatic rings. The van der Waals surface area contributed by atoms with Crippen LogP contribution in [-0.2, 0) is 0 Å². The van der Waals surface area contributed by atoms with Gasteiger partial charge in [-0.3, -0.25) is 9.36 Å². The quantitative estimate of drug-likeness (QED) is 0.240. The number of halogens is 1. The van der Waals surface area contributed by atoms with Gasteiger partial charge in [0.2, 0.25) is 5.95 Å². The summed E-state index contributed by atoms with van der Waals surface area (Å²) < 4.78 is 7.21. The smallest absolute Gasteiger partial charge is 0.277 e. The van der Waals surface area contributed by atoms with Crippen molar-refractivity contribution in [3.8, 4) is 41.4 Å². The fourth-order valence-electron chi connectivity index (χ4n) is 3.54. The molecule has 38 heavy (non-hydrogen) atoms. The standard InChI is InChI=1S/C26H22ClN7O2.C2H2/c1-2-12-29-26-30-13-11-23(32-26)34-15-14-28-24(34)18-5-9-20(10-6-18)31-25(35)21-16-22(36-33-21)17-3-7-19(27)8-4-17;1-2/h3-11,13-16H,2,12H2,1H3,(H,31,35)(H,29,30,32);1-2H. The van der Waals surface area contributed by atoms with Gasteiger partial charge in [0.05, 0.1) is 0 Å². The lowest BCUT2D eigenvalue weighted by atomic mass is 10.1. The molecule has 10 heteroatoms. The molecule has 3 heterocycles. The van der Waals surface area contributed by atoms with E-state index in [9.17, 15) is 4.79 Å². The Labute approximate surface area is 224 Å². The molecule has 2 aromatic carbocycles. The van der Waals surface area contributed by atoms with Crippen LogP contribution in [-0.4, -0.2) is 37.1 Å². The van der Waals surface area contributed by atoms with Crippen LogP contribution in [0.25, 0.3) is 28.5 Å². The Hall–Kier alpha value is -4.94. The summed E-state index contributed by atoms with van der Waals surface area (Å²) in [6, 6.07) is 17.9. The molecule has 0 atom stereocenters. The number of rotatable bonds is 8. The summed E-state index contributed by atoms with van der Waals surface area (Å²) in [4.78, 5) is 26.0. The van der Waals surface area contributed by atoms with Crippen molar-refractivity contribution in [3.05, 3.63) is 90.0 Å². The number of terminal acetylenes is 1. The van der Waals surface area contributed by atoms with Gasteiger partial charge in [-0.05, 0) is 61.0 Å². The molecule has 0 aliphatic carbocycles. The monoisotopic (exact) mass is 525 g/mol. The Morgan fingerprint density at radius 1 is 1.00 bits per heavy atom. The highest BCUT2D eigenvalue weighted by atomic mass is 35.5. The van der Waals surface area contributed by atoms with Crippen LogP contribution >= 0.6 is 11.6 Å². The Kier molecular flexibility index (Phi) is 8.49. The van der Waals surface area contributed by atoms with E-state index in [2.05, 4.69) is 50.5 Å². The van der Waals surface area contributed by atoms with E-state index < -0.39 is 0 Å². The average Bonchev–Trinajstić information content (AvgIpc) is 3.65. The van der Waals surface area contributed by atoms with Crippen LogP contribution in [0.15, 0.2) is 83.8 Å². The largest absolute Gasteiger partial charge is 0.355 e. The number of imidazole rings is 1. The Morgan fingerprint density at radius 2 is 1.74 bits per heavy atom. The number of carbonyl (C=O) groups excluding carboxylic acids is 1. The van der Waals surface area contributed by atoms with E-state index >= 15 is 0 Å². The van der Waals surface area contributed by atoms with Crippen LogP contribution in [0.2, 0.25) is 5.02 Å². The second-order valence-electron chi connectivity index (χ2n) is 7.90. The number of aromatic nitrogens is 5. The molecule has 9 nitrogen and oxygen atoms in total. The minimum absolute atomic E-state index is 0.177. The van der Waals surface area contributed by atoms with Crippen LogP contribution in [0.3, 0.4) is 0 Å². The molecule has 0 spiro atoms. The number of hydrogen-bond acceptors (Lipinski definition) is 7. The summed E-state index contributed by atoms with van der Waals surface area (Å²) >= 11 is 5.93. The van der Waals surface area contributed by atoms with Crippen molar-refractivity contribution in [2.24, 2.45) is 0 Å². The lowest BCUT2D eigenvalue weighted by Gasteiger charge is -2.10. The Morgan fingerprint density at radius 3 is 2.47 bits per heavy atom. The molecular weight excluding hydrogens is 502 g/mol. The minimum atomic E-state index is -0.374. The summed E-state index contributed by atoms with van der Waals surface area (Å²) in [5, 5.41) is 10.5. The normalized spacial score (nSPS) is 10.3. The molecule has 190 valence electrons. The third-order valence-corrected chi connectivity index (χ3v) is 5.59. The molecular formula is C28H24ClN7O2. The first-order chi connectivity index (χ1) is 18.6. The average molecular weight is 526 g/mol. The van der Waals surface area contributed by atoms with Crippen LogP contribution in [0, 0.1) is 12.8 Å². The predicted octanol–water partition coefficient (Wildman–Crippen LogP) is 5.96. The lowest BCUT2D eigenvalue weighted by molar-refractivity contribution is 0.101. The van der Waals surface area contributed by atoms with Gasteiger partial charge in [-0.15, -0.1) is 12.8 Å². The second kappa shape index (κ2) is 12.3. The van der Waals surface area contributed by atoms with Gasteiger partial charge < -0.3 is 15.2 Å². The minimum Gasteiger partial charge on any atom is -0.355 e. The topological polar surface area (TPSA) is 111 Å². The van der Waals surface area contributed by atoms with Gasteiger partial charge in [0.1, 0.15) is 11.6 Å². The van der Waals surface area contributed by atoms with Crippen LogP contribution < -0.4 is 10.6 Å². The lowest BCUT2D eigenvalue weighted by Crippen LogP contribution is -2.12. The van der Waals surface area contributed by atoms with Crippen molar-refractivity contribution in [1.29, 1.82) is 0 Å². The molecule has 0 aliphatic heterocycles. The number of carbonyl (C=O) groups is 1. The molecule has 3 aromatic heterocycles. The van der Waals surface area contributed by atoms with Gasteiger partial charge in [0, 0.05) is 53.0 Å². The second-order valence-corrected chi connectivity index (χ2v) is 8.34. The molecule has 0 bridgehead atoms. The van der Waals surface area contributed by atoms with Gasteiger partial charge >= 0.3 is 0 Å². The van der Waals surface area contributed by atoms with Crippen molar-refractivity contribution >= 4 is 29.1 Å². The molecule has 1 amide bonds. The van der Waals surface area contributed by atoms with Gasteiger partial charge in [-0.25, -0.2) is 9.97 Å². The summed E-state index contributed by atoms with van der Waals surface area (Å²) in [7, 11) is 0. The van der Waals surface area contributed by atoms with Crippen LogP contribution in [0.1, 0.15) is 23.8 Å². The van der Waals surface area contributed by atoms with Crippen LogP contribution in [0.5, 0.6) is 0 Å².